The van der Waals surface area contributed by atoms with E-state index < -0.39 is 18.0 Å². The molecule has 0 bridgehead atoms. The van der Waals surface area contributed by atoms with Crippen LogP contribution in [0.2, 0.25) is 0 Å². The summed E-state index contributed by atoms with van der Waals surface area (Å²) in [4.78, 5) is 43.8. The second kappa shape index (κ2) is 12.3. The second-order valence-corrected chi connectivity index (χ2v) is 10.5. The van der Waals surface area contributed by atoms with Gasteiger partial charge in [0, 0.05) is 0 Å². The van der Waals surface area contributed by atoms with Crippen LogP contribution in [0, 0.1) is 6.92 Å². The highest BCUT2D eigenvalue weighted by Crippen LogP contribution is 2.31. The molecule has 1 aromatic heterocycles. The number of allylic oxidation sites excluding steroid dienone is 1. The number of methoxy groups -OCH3 is 1. The van der Waals surface area contributed by atoms with E-state index in [2.05, 4.69) is 4.99 Å². The first-order chi connectivity index (χ1) is 19.1. The maximum absolute atomic E-state index is 13.8. The molecule has 2 aromatic carbocycles. The SMILES string of the molecule is CCOC(=O)C1=C(C)N=c2s/c(=C/c3ccc(OCC(=O)OC(C)C)c(OC)c3)c(=O)n2[C@@H]1c1ccc(C)cc1. The van der Waals surface area contributed by atoms with E-state index in [-0.39, 0.29) is 24.9 Å². The largest absolute Gasteiger partial charge is 0.493 e. The monoisotopic (exact) mass is 564 g/mol. The van der Waals surface area contributed by atoms with Crippen molar-refractivity contribution in [3.8, 4) is 11.5 Å². The van der Waals surface area contributed by atoms with Gasteiger partial charge in [0.25, 0.3) is 5.56 Å². The lowest BCUT2D eigenvalue weighted by Gasteiger charge is -2.24. The normalized spacial score (nSPS) is 15.0. The van der Waals surface area contributed by atoms with Gasteiger partial charge in [-0.25, -0.2) is 14.6 Å². The summed E-state index contributed by atoms with van der Waals surface area (Å²) in [6.45, 7) is 8.95. The van der Waals surface area contributed by atoms with E-state index in [9.17, 15) is 14.4 Å². The molecule has 0 spiro atoms. The number of ether oxygens (including phenoxy) is 4. The Morgan fingerprint density at radius 2 is 1.82 bits per heavy atom. The topological polar surface area (TPSA) is 105 Å². The Morgan fingerprint density at radius 1 is 1.10 bits per heavy atom. The highest BCUT2D eigenvalue weighted by atomic mass is 32.1. The molecule has 1 atom stereocenters. The Bertz CT molecular complexity index is 1630. The number of aromatic nitrogens is 1. The van der Waals surface area contributed by atoms with Crippen molar-refractivity contribution in [3.63, 3.8) is 0 Å². The number of benzene rings is 2. The molecular formula is C30H32N2O7S. The number of rotatable bonds is 9. The first-order valence-corrected chi connectivity index (χ1v) is 13.7. The molecule has 40 heavy (non-hydrogen) atoms. The third-order valence-electron chi connectivity index (χ3n) is 6.11. The van der Waals surface area contributed by atoms with Crippen molar-refractivity contribution in [1.29, 1.82) is 0 Å². The molecule has 0 unspecified atom stereocenters. The molecule has 4 rings (SSSR count). The van der Waals surface area contributed by atoms with Crippen molar-refractivity contribution in [3.05, 3.63) is 90.1 Å². The van der Waals surface area contributed by atoms with Gasteiger partial charge >= 0.3 is 11.9 Å². The Kier molecular flexibility index (Phi) is 8.89. The van der Waals surface area contributed by atoms with Crippen LogP contribution in [0.15, 0.2) is 63.5 Å². The minimum atomic E-state index is -0.672. The van der Waals surface area contributed by atoms with Gasteiger partial charge in [-0.3, -0.25) is 9.36 Å². The third-order valence-corrected chi connectivity index (χ3v) is 7.09. The van der Waals surface area contributed by atoms with Crippen LogP contribution in [0.5, 0.6) is 11.5 Å². The number of aryl methyl sites for hydroxylation is 1. The fourth-order valence-electron chi connectivity index (χ4n) is 4.33. The fraction of sp³-hybridized carbons (Fsp3) is 0.333. The number of carbonyl (C=O) groups is 2. The van der Waals surface area contributed by atoms with Gasteiger partial charge in [0.05, 0.1) is 41.7 Å². The summed E-state index contributed by atoms with van der Waals surface area (Å²) in [5, 5.41) is 0. The molecule has 9 nitrogen and oxygen atoms in total. The maximum Gasteiger partial charge on any atom is 0.344 e. The second-order valence-electron chi connectivity index (χ2n) is 9.45. The zero-order valence-electron chi connectivity index (χ0n) is 23.3. The predicted molar refractivity (Wildman–Crippen MR) is 151 cm³/mol. The number of carbonyl (C=O) groups excluding carboxylic acids is 2. The number of hydrogen-bond acceptors (Lipinski definition) is 9. The molecule has 1 aliphatic heterocycles. The quantitative estimate of drug-likeness (QED) is 0.367. The minimum absolute atomic E-state index is 0.209. The molecule has 10 heteroatoms. The molecule has 0 radical (unpaired) electrons. The van der Waals surface area contributed by atoms with Gasteiger partial charge < -0.3 is 18.9 Å². The van der Waals surface area contributed by atoms with E-state index in [1.54, 1.807) is 56.5 Å². The van der Waals surface area contributed by atoms with Crippen molar-refractivity contribution in [1.82, 2.24) is 4.57 Å². The molecule has 3 aromatic rings. The lowest BCUT2D eigenvalue weighted by atomic mass is 9.95. The molecule has 0 amide bonds. The van der Waals surface area contributed by atoms with Crippen molar-refractivity contribution in [2.75, 3.05) is 20.3 Å². The van der Waals surface area contributed by atoms with Gasteiger partial charge in [0.1, 0.15) is 0 Å². The number of thiazole rings is 1. The van der Waals surface area contributed by atoms with Crippen molar-refractivity contribution in [2.45, 2.75) is 46.8 Å². The molecule has 1 aliphatic rings. The van der Waals surface area contributed by atoms with E-state index in [0.29, 0.717) is 37.7 Å². The van der Waals surface area contributed by atoms with E-state index in [1.165, 1.54) is 18.4 Å². The van der Waals surface area contributed by atoms with Crippen LogP contribution in [0.25, 0.3) is 6.08 Å². The Hall–Kier alpha value is -4.18. The van der Waals surface area contributed by atoms with Crippen LogP contribution in [-0.4, -0.2) is 42.9 Å². The van der Waals surface area contributed by atoms with Crippen molar-refractivity contribution < 1.29 is 28.5 Å². The zero-order valence-corrected chi connectivity index (χ0v) is 24.2. The molecular weight excluding hydrogens is 532 g/mol. The number of nitrogens with zero attached hydrogens (tertiary/aromatic N) is 2. The Morgan fingerprint density at radius 3 is 2.48 bits per heavy atom. The molecule has 0 saturated heterocycles. The van der Waals surface area contributed by atoms with E-state index in [4.69, 9.17) is 18.9 Å². The van der Waals surface area contributed by atoms with Crippen LogP contribution >= 0.6 is 11.3 Å². The lowest BCUT2D eigenvalue weighted by Crippen LogP contribution is -2.39. The van der Waals surface area contributed by atoms with Crippen LogP contribution in [0.1, 0.15) is 50.4 Å². The Balaban J connectivity index is 1.76. The van der Waals surface area contributed by atoms with E-state index in [0.717, 1.165) is 11.1 Å². The lowest BCUT2D eigenvalue weighted by molar-refractivity contribution is -0.149. The fourth-order valence-corrected chi connectivity index (χ4v) is 5.38. The summed E-state index contributed by atoms with van der Waals surface area (Å²) in [5.41, 5.74) is 3.11. The first-order valence-electron chi connectivity index (χ1n) is 12.9. The number of hydrogen-bond donors (Lipinski definition) is 0. The molecule has 210 valence electrons. The zero-order chi connectivity index (χ0) is 29.0. The van der Waals surface area contributed by atoms with Gasteiger partial charge in [-0.05, 0) is 64.0 Å². The summed E-state index contributed by atoms with van der Waals surface area (Å²) >= 11 is 1.24. The van der Waals surface area contributed by atoms with Gasteiger partial charge in [0.15, 0.2) is 22.9 Å². The van der Waals surface area contributed by atoms with Crippen LogP contribution in [-0.2, 0) is 19.1 Å². The van der Waals surface area contributed by atoms with Crippen LogP contribution < -0.4 is 24.4 Å². The van der Waals surface area contributed by atoms with Gasteiger partial charge in [-0.2, -0.15) is 0 Å². The molecule has 2 heterocycles. The molecule has 0 fully saturated rings. The minimum Gasteiger partial charge on any atom is -0.493 e. The van der Waals surface area contributed by atoms with Crippen LogP contribution in [0.3, 0.4) is 0 Å². The van der Waals surface area contributed by atoms with Crippen molar-refractivity contribution >= 4 is 29.4 Å². The number of esters is 2. The maximum atomic E-state index is 13.8. The summed E-state index contributed by atoms with van der Waals surface area (Å²) < 4.78 is 23.5. The van der Waals surface area contributed by atoms with Gasteiger partial charge in [-0.15, -0.1) is 0 Å². The predicted octanol–water partition coefficient (Wildman–Crippen LogP) is 3.45. The standard InChI is InChI=1S/C30H32N2O7S/c1-7-37-29(35)26-19(5)31-30-32(27(26)21-11-8-18(4)9-12-21)28(34)24(40-30)15-20-10-13-22(23(14-20)36-6)38-16-25(33)39-17(2)3/h8-15,17,27H,7,16H2,1-6H3/b24-15+/t27-/m1/s1. The molecule has 0 N–H and O–H groups in total. The summed E-state index contributed by atoms with van der Waals surface area (Å²) in [5.74, 6) is -0.211. The average molecular weight is 565 g/mol. The van der Waals surface area contributed by atoms with E-state index in [1.807, 2.05) is 31.2 Å². The van der Waals surface area contributed by atoms with Gasteiger partial charge in [-0.1, -0.05) is 47.2 Å². The van der Waals surface area contributed by atoms with Gasteiger partial charge in [0.2, 0.25) is 0 Å². The highest BCUT2D eigenvalue weighted by molar-refractivity contribution is 7.07. The summed E-state index contributed by atoms with van der Waals surface area (Å²) in [6.07, 6.45) is 1.49. The Labute approximate surface area is 236 Å². The average Bonchev–Trinajstić information content (AvgIpc) is 3.21. The smallest absolute Gasteiger partial charge is 0.344 e. The summed E-state index contributed by atoms with van der Waals surface area (Å²) in [7, 11) is 1.49. The van der Waals surface area contributed by atoms with Crippen LogP contribution in [0.4, 0.5) is 0 Å². The first kappa shape index (κ1) is 28.8. The highest BCUT2D eigenvalue weighted by Gasteiger charge is 2.33. The van der Waals surface area contributed by atoms with Crippen molar-refractivity contribution in [2.24, 2.45) is 4.99 Å². The molecule has 0 aliphatic carbocycles. The summed E-state index contributed by atoms with van der Waals surface area (Å²) in [6, 6.07) is 12.2. The van der Waals surface area contributed by atoms with E-state index >= 15 is 0 Å². The number of fused-ring (bicyclic) bond motifs is 1. The third kappa shape index (κ3) is 6.17. The molecule has 0 saturated carbocycles.